The monoisotopic (exact) mass is 481 g/mol. The van der Waals surface area contributed by atoms with Gasteiger partial charge in [0.2, 0.25) is 11.5 Å². The van der Waals surface area contributed by atoms with Crippen molar-refractivity contribution in [2.75, 3.05) is 13.2 Å². The smallest absolute Gasteiger partial charge is 0.269 e. The van der Waals surface area contributed by atoms with Crippen molar-refractivity contribution < 1.29 is 23.4 Å². The maximum atomic E-state index is 13.5. The number of aromatic nitrogens is 1. The molecular formula is C28H35NO6. The Morgan fingerprint density at radius 1 is 1.09 bits per heavy atom. The highest BCUT2D eigenvalue weighted by Gasteiger charge is 2.22. The third-order valence-electron chi connectivity index (χ3n) is 6.07. The van der Waals surface area contributed by atoms with E-state index in [4.69, 9.17) is 23.4 Å². The Hall–Kier alpha value is -2.90. The van der Waals surface area contributed by atoms with E-state index >= 15 is 0 Å². The quantitative estimate of drug-likeness (QED) is 0.272. The lowest BCUT2D eigenvalue weighted by Crippen LogP contribution is -2.22. The maximum Gasteiger partial charge on any atom is 0.269 e. The summed E-state index contributed by atoms with van der Waals surface area (Å²) in [5.41, 5.74) is 1.35. The summed E-state index contributed by atoms with van der Waals surface area (Å²) in [6.07, 6.45) is 10.4. The minimum absolute atomic E-state index is 0.0728. The average molecular weight is 482 g/mol. The summed E-state index contributed by atoms with van der Waals surface area (Å²) in [4.78, 5) is 18.0. The summed E-state index contributed by atoms with van der Waals surface area (Å²) in [7, 11) is 0. The SMILES string of the molecule is CCCCCOc1c(COC2CCCCO2)occ(Oc2c(CCC)ccc3cccnc23)c1=O. The van der Waals surface area contributed by atoms with Crippen molar-refractivity contribution in [2.45, 2.75) is 78.1 Å². The number of rotatable bonds is 12. The zero-order valence-electron chi connectivity index (χ0n) is 20.7. The predicted octanol–water partition coefficient (Wildman–Crippen LogP) is 6.55. The van der Waals surface area contributed by atoms with Crippen LogP contribution in [0.4, 0.5) is 0 Å². The molecule has 2 aromatic heterocycles. The Morgan fingerprint density at radius 2 is 2.00 bits per heavy atom. The molecule has 1 atom stereocenters. The van der Waals surface area contributed by atoms with Crippen molar-refractivity contribution in [2.24, 2.45) is 0 Å². The van der Waals surface area contributed by atoms with Crippen LogP contribution in [0, 0.1) is 0 Å². The summed E-state index contributed by atoms with van der Waals surface area (Å²) in [6, 6.07) is 7.91. The highest BCUT2D eigenvalue weighted by atomic mass is 16.7. The fourth-order valence-corrected chi connectivity index (χ4v) is 4.17. The molecule has 3 aromatic rings. The molecule has 0 amide bonds. The number of nitrogens with zero attached hydrogens (tertiary/aromatic N) is 1. The molecule has 4 rings (SSSR count). The Morgan fingerprint density at radius 3 is 2.80 bits per heavy atom. The molecule has 7 nitrogen and oxygen atoms in total. The van der Waals surface area contributed by atoms with Gasteiger partial charge in [-0.25, -0.2) is 0 Å². The van der Waals surface area contributed by atoms with Crippen molar-refractivity contribution in [3.63, 3.8) is 0 Å². The first-order valence-electron chi connectivity index (χ1n) is 12.8. The lowest BCUT2D eigenvalue weighted by molar-refractivity contribution is -0.171. The van der Waals surface area contributed by atoms with Crippen LogP contribution in [-0.2, 0) is 22.5 Å². The van der Waals surface area contributed by atoms with E-state index in [2.05, 4.69) is 18.8 Å². The Labute approximate surface area is 206 Å². The van der Waals surface area contributed by atoms with Gasteiger partial charge in [-0.2, -0.15) is 0 Å². The molecule has 1 unspecified atom stereocenters. The van der Waals surface area contributed by atoms with E-state index in [1.54, 1.807) is 6.20 Å². The van der Waals surface area contributed by atoms with Crippen LogP contribution in [0.15, 0.2) is 45.9 Å². The number of ether oxygens (including phenoxy) is 4. The van der Waals surface area contributed by atoms with Crippen LogP contribution in [-0.4, -0.2) is 24.5 Å². The summed E-state index contributed by atoms with van der Waals surface area (Å²) in [6.45, 7) is 5.43. The third-order valence-corrected chi connectivity index (χ3v) is 6.07. The van der Waals surface area contributed by atoms with Crippen molar-refractivity contribution in [1.29, 1.82) is 0 Å². The zero-order chi connectivity index (χ0) is 24.5. The van der Waals surface area contributed by atoms with E-state index in [-0.39, 0.29) is 29.8 Å². The molecule has 0 aliphatic carbocycles. The molecule has 0 radical (unpaired) electrons. The molecule has 0 N–H and O–H groups in total. The standard InChI is InChI=1S/C28H35NO6/c1-3-5-7-17-32-28-23(19-34-24-12-6-8-16-31-24)33-18-22(26(28)30)35-27-21(10-4-2)14-13-20-11-9-15-29-25(20)27/h9,11,13-15,18,24H,3-8,10,12,16-17,19H2,1-2H3. The van der Waals surface area contributed by atoms with Gasteiger partial charge in [-0.1, -0.05) is 51.3 Å². The molecule has 1 aromatic carbocycles. The van der Waals surface area contributed by atoms with Crippen molar-refractivity contribution >= 4 is 10.9 Å². The molecule has 1 saturated heterocycles. The van der Waals surface area contributed by atoms with E-state index in [1.165, 1.54) is 6.26 Å². The second-order valence-corrected chi connectivity index (χ2v) is 8.83. The lowest BCUT2D eigenvalue weighted by atomic mass is 10.1. The first kappa shape index (κ1) is 25.2. The molecule has 3 heterocycles. The molecule has 1 fully saturated rings. The molecule has 7 heteroatoms. The number of benzene rings is 1. The summed E-state index contributed by atoms with van der Waals surface area (Å²) < 4.78 is 29.5. The third kappa shape index (κ3) is 6.41. The van der Waals surface area contributed by atoms with Gasteiger partial charge in [-0.3, -0.25) is 9.78 Å². The van der Waals surface area contributed by atoms with Gasteiger partial charge in [-0.15, -0.1) is 0 Å². The van der Waals surface area contributed by atoms with Gasteiger partial charge in [0.25, 0.3) is 5.43 Å². The molecule has 0 saturated carbocycles. The predicted molar refractivity (Wildman–Crippen MR) is 134 cm³/mol. The minimum atomic E-state index is -0.355. The molecule has 188 valence electrons. The summed E-state index contributed by atoms with van der Waals surface area (Å²) in [5.74, 6) is 1.13. The van der Waals surface area contributed by atoms with E-state index in [0.29, 0.717) is 30.2 Å². The van der Waals surface area contributed by atoms with Crippen molar-refractivity contribution in [3.8, 4) is 17.2 Å². The number of hydrogen-bond acceptors (Lipinski definition) is 7. The molecule has 1 aliphatic heterocycles. The van der Waals surface area contributed by atoms with Crippen molar-refractivity contribution in [1.82, 2.24) is 4.98 Å². The normalized spacial score (nSPS) is 15.9. The molecule has 0 bridgehead atoms. The number of hydrogen-bond donors (Lipinski definition) is 0. The minimum Gasteiger partial charge on any atom is -0.486 e. The van der Waals surface area contributed by atoms with Gasteiger partial charge in [0.15, 0.2) is 17.8 Å². The Balaban J connectivity index is 1.64. The van der Waals surface area contributed by atoms with E-state index in [9.17, 15) is 4.79 Å². The fraction of sp³-hybridized carbons (Fsp3) is 0.500. The number of fused-ring (bicyclic) bond motifs is 1. The molecule has 0 spiro atoms. The topological polar surface area (TPSA) is 80.0 Å². The molecule has 35 heavy (non-hydrogen) atoms. The van der Waals surface area contributed by atoms with Crippen LogP contribution in [0.25, 0.3) is 10.9 Å². The highest BCUT2D eigenvalue weighted by molar-refractivity contribution is 5.86. The zero-order valence-corrected chi connectivity index (χ0v) is 20.7. The highest BCUT2D eigenvalue weighted by Crippen LogP contribution is 2.33. The number of aryl methyl sites for hydroxylation is 1. The van der Waals surface area contributed by atoms with Crippen LogP contribution in [0.1, 0.15) is 70.1 Å². The fourth-order valence-electron chi connectivity index (χ4n) is 4.17. The van der Waals surface area contributed by atoms with Gasteiger partial charge >= 0.3 is 0 Å². The second-order valence-electron chi connectivity index (χ2n) is 8.83. The Kier molecular flexibility index (Phi) is 9.15. The lowest BCUT2D eigenvalue weighted by Gasteiger charge is -2.22. The van der Waals surface area contributed by atoms with Crippen molar-refractivity contribution in [3.05, 3.63) is 58.3 Å². The van der Waals surface area contributed by atoms with E-state index in [0.717, 1.165) is 62.3 Å². The van der Waals surface area contributed by atoms with E-state index in [1.807, 2.05) is 24.3 Å². The van der Waals surface area contributed by atoms with Gasteiger partial charge in [0, 0.05) is 18.2 Å². The van der Waals surface area contributed by atoms with Gasteiger partial charge in [-0.05, 0) is 43.7 Å². The van der Waals surface area contributed by atoms with Gasteiger partial charge < -0.3 is 23.4 Å². The average Bonchev–Trinajstić information content (AvgIpc) is 2.89. The van der Waals surface area contributed by atoms with Crippen LogP contribution in [0.3, 0.4) is 0 Å². The number of unbranched alkanes of at least 4 members (excludes halogenated alkanes) is 2. The summed E-state index contributed by atoms with van der Waals surface area (Å²) >= 11 is 0. The largest absolute Gasteiger partial charge is 0.486 e. The second kappa shape index (κ2) is 12.7. The Bertz CT molecular complexity index is 1150. The van der Waals surface area contributed by atoms with Crippen LogP contribution >= 0.6 is 0 Å². The van der Waals surface area contributed by atoms with Gasteiger partial charge in [0.1, 0.15) is 18.4 Å². The maximum absolute atomic E-state index is 13.5. The first-order chi connectivity index (χ1) is 17.2. The van der Waals surface area contributed by atoms with Gasteiger partial charge in [0.05, 0.1) is 6.61 Å². The van der Waals surface area contributed by atoms with Crippen LogP contribution in [0.5, 0.6) is 17.2 Å². The van der Waals surface area contributed by atoms with Crippen LogP contribution < -0.4 is 14.9 Å². The van der Waals surface area contributed by atoms with E-state index < -0.39 is 0 Å². The summed E-state index contributed by atoms with van der Waals surface area (Å²) in [5, 5.41) is 0.945. The van der Waals surface area contributed by atoms with Crippen LogP contribution in [0.2, 0.25) is 0 Å². The molecule has 1 aliphatic rings. The molecular weight excluding hydrogens is 446 g/mol. The number of pyridine rings is 1. The first-order valence-corrected chi connectivity index (χ1v) is 12.8.